The normalized spacial score (nSPS) is 22.7. The molecule has 110 valence electrons. The Morgan fingerprint density at radius 3 is 2.65 bits per heavy atom. The standard InChI is InChI=1S/C15H21ClN2O2/c1-10-8-18(9-11(2)17-10)15(19)7-12-6-13(16)4-5-14(12)20-3/h4-6,10-11,17H,7-9H2,1-3H3/t10-,11+. The summed E-state index contributed by atoms with van der Waals surface area (Å²) < 4.78 is 5.29. The highest BCUT2D eigenvalue weighted by Crippen LogP contribution is 2.23. The van der Waals surface area contributed by atoms with Crippen molar-refractivity contribution in [1.29, 1.82) is 0 Å². The third-order valence-electron chi connectivity index (χ3n) is 3.49. The molecule has 2 rings (SSSR count). The number of amides is 1. The van der Waals surface area contributed by atoms with Crippen LogP contribution in [-0.4, -0.2) is 43.1 Å². The minimum atomic E-state index is 0.116. The lowest BCUT2D eigenvalue weighted by atomic mass is 10.1. The highest BCUT2D eigenvalue weighted by atomic mass is 35.5. The van der Waals surface area contributed by atoms with Crippen molar-refractivity contribution < 1.29 is 9.53 Å². The highest BCUT2D eigenvalue weighted by Gasteiger charge is 2.25. The van der Waals surface area contributed by atoms with Gasteiger partial charge in [0.15, 0.2) is 0 Å². The number of carbonyl (C=O) groups excluding carboxylic acids is 1. The van der Waals surface area contributed by atoms with E-state index in [2.05, 4.69) is 19.2 Å². The Hall–Kier alpha value is -1.26. The summed E-state index contributed by atoms with van der Waals surface area (Å²) >= 11 is 6.00. The number of halogens is 1. The monoisotopic (exact) mass is 296 g/mol. The number of hydrogen-bond acceptors (Lipinski definition) is 3. The molecule has 1 aromatic carbocycles. The maximum absolute atomic E-state index is 12.4. The molecular weight excluding hydrogens is 276 g/mol. The summed E-state index contributed by atoms with van der Waals surface area (Å²) in [6, 6.07) is 6.01. The summed E-state index contributed by atoms with van der Waals surface area (Å²) in [5.74, 6) is 0.824. The molecule has 0 aliphatic carbocycles. The summed E-state index contributed by atoms with van der Waals surface area (Å²) in [5, 5.41) is 4.04. The maximum atomic E-state index is 12.4. The lowest BCUT2D eigenvalue weighted by molar-refractivity contribution is -0.132. The van der Waals surface area contributed by atoms with E-state index in [9.17, 15) is 4.79 Å². The number of rotatable bonds is 3. The van der Waals surface area contributed by atoms with E-state index in [1.54, 1.807) is 25.3 Å². The first-order chi connectivity index (χ1) is 9.49. The van der Waals surface area contributed by atoms with Crippen molar-refractivity contribution in [1.82, 2.24) is 10.2 Å². The van der Waals surface area contributed by atoms with Crippen molar-refractivity contribution in [3.63, 3.8) is 0 Å². The van der Waals surface area contributed by atoms with Crippen LogP contribution >= 0.6 is 11.6 Å². The Balaban J connectivity index is 2.09. The molecule has 0 spiro atoms. The Labute approximate surface area is 125 Å². The van der Waals surface area contributed by atoms with Gasteiger partial charge in [-0.1, -0.05) is 11.6 Å². The van der Waals surface area contributed by atoms with E-state index in [1.165, 1.54) is 0 Å². The van der Waals surface area contributed by atoms with Crippen LogP contribution in [0.5, 0.6) is 5.75 Å². The lowest BCUT2D eigenvalue weighted by Crippen LogP contribution is -2.56. The molecule has 1 aliphatic heterocycles. The summed E-state index contributed by atoms with van der Waals surface area (Å²) in [7, 11) is 1.60. The number of nitrogens with zero attached hydrogens (tertiary/aromatic N) is 1. The molecular formula is C15H21ClN2O2. The van der Waals surface area contributed by atoms with Crippen LogP contribution in [0.4, 0.5) is 0 Å². The fourth-order valence-corrected chi connectivity index (χ4v) is 2.89. The van der Waals surface area contributed by atoms with Gasteiger partial charge in [0.05, 0.1) is 13.5 Å². The number of carbonyl (C=O) groups is 1. The summed E-state index contributed by atoms with van der Waals surface area (Å²) in [4.78, 5) is 14.3. The van der Waals surface area contributed by atoms with E-state index in [1.807, 2.05) is 4.90 Å². The van der Waals surface area contributed by atoms with E-state index in [0.717, 1.165) is 18.7 Å². The van der Waals surface area contributed by atoms with Gasteiger partial charge in [0, 0.05) is 35.8 Å². The summed E-state index contributed by atoms with van der Waals surface area (Å²) in [5.41, 5.74) is 0.837. The first-order valence-corrected chi connectivity index (χ1v) is 7.23. The Morgan fingerprint density at radius 2 is 2.05 bits per heavy atom. The molecule has 0 saturated carbocycles. The number of ether oxygens (including phenoxy) is 1. The molecule has 1 fully saturated rings. The molecule has 0 aromatic heterocycles. The average molecular weight is 297 g/mol. The van der Waals surface area contributed by atoms with E-state index in [0.29, 0.717) is 29.3 Å². The predicted molar refractivity (Wildman–Crippen MR) is 80.3 cm³/mol. The molecule has 0 bridgehead atoms. The lowest BCUT2D eigenvalue weighted by Gasteiger charge is -2.36. The first kappa shape index (κ1) is 15.1. The van der Waals surface area contributed by atoms with Gasteiger partial charge in [0.1, 0.15) is 5.75 Å². The largest absolute Gasteiger partial charge is 0.496 e. The van der Waals surface area contributed by atoms with Gasteiger partial charge in [-0.25, -0.2) is 0 Å². The van der Waals surface area contributed by atoms with Crippen molar-refractivity contribution in [3.8, 4) is 5.75 Å². The molecule has 1 aromatic rings. The average Bonchev–Trinajstić information content (AvgIpc) is 2.37. The van der Waals surface area contributed by atoms with Crippen LogP contribution in [0.25, 0.3) is 0 Å². The second-order valence-electron chi connectivity index (χ2n) is 5.40. The Morgan fingerprint density at radius 1 is 1.40 bits per heavy atom. The number of methoxy groups -OCH3 is 1. The van der Waals surface area contributed by atoms with Gasteiger partial charge in [0.2, 0.25) is 5.91 Å². The maximum Gasteiger partial charge on any atom is 0.227 e. The second kappa shape index (κ2) is 6.46. The van der Waals surface area contributed by atoms with E-state index in [4.69, 9.17) is 16.3 Å². The van der Waals surface area contributed by atoms with Gasteiger partial charge < -0.3 is 15.0 Å². The van der Waals surface area contributed by atoms with Gasteiger partial charge in [-0.05, 0) is 32.0 Å². The van der Waals surface area contributed by atoms with Crippen LogP contribution in [-0.2, 0) is 11.2 Å². The van der Waals surface area contributed by atoms with E-state index in [-0.39, 0.29) is 5.91 Å². The summed E-state index contributed by atoms with van der Waals surface area (Å²) in [6.07, 6.45) is 0.323. The third kappa shape index (κ3) is 3.64. The molecule has 1 saturated heterocycles. The van der Waals surface area contributed by atoms with Crippen molar-refractivity contribution in [2.45, 2.75) is 32.4 Å². The fraction of sp³-hybridized carbons (Fsp3) is 0.533. The van der Waals surface area contributed by atoms with Crippen LogP contribution < -0.4 is 10.1 Å². The fourth-order valence-electron chi connectivity index (χ4n) is 2.69. The summed E-state index contributed by atoms with van der Waals surface area (Å²) in [6.45, 7) is 5.67. The molecule has 2 atom stereocenters. The second-order valence-corrected chi connectivity index (χ2v) is 5.84. The van der Waals surface area contributed by atoms with Crippen LogP contribution in [0.1, 0.15) is 19.4 Å². The zero-order chi connectivity index (χ0) is 14.7. The van der Waals surface area contributed by atoms with Crippen LogP contribution in [0.3, 0.4) is 0 Å². The minimum Gasteiger partial charge on any atom is -0.496 e. The van der Waals surface area contributed by atoms with Gasteiger partial charge >= 0.3 is 0 Å². The molecule has 1 amide bonds. The smallest absolute Gasteiger partial charge is 0.227 e. The van der Waals surface area contributed by atoms with Crippen molar-refractivity contribution >= 4 is 17.5 Å². The van der Waals surface area contributed by atoms with E-state index >= 15 is 0 Å². The Kier molecular flexibility index (Phi) is 4.89. The molecule has 20 heavy (non-hydrogen) atoms. The Bertz CT molecular complexity index is 483. The number of benzene rings is 1. The molecule has 0 unspecified atom stereocenters. The van der Waals surface area contributed by atoms with Gasteiger partial charge in [-0.2, -0.15) is 0 Å². The highest BCUT2D eigenvalue weighted by molar-refractivity contribution is 6.30. The van der Waals surface area contributed by atoms with Gasteiger partial charge in [-0.3, -0.25) is 4.79 Å². The first-order valence-electron chi connectivity index (χ1n) is 6.86. The quantitative estimate of drug-likeness (QED) is 0.929. The number of hydrogen-bond donors (Lipinski definition) is 1. The van der Waals surface area contributed by atoms with Crippen LogP contribution in [0.2, 0.25) is 5.02 Å². The van der Waals surface area contributed by atoms with Crippen LogP contribution in [0.15, 0.2) is 18.2 Å². The van der Waals surface area contributed by atoms with Gasteiger partial charge in [-0.15, -0.1) is 0 Å². The van der Waals surface area contributed by atoms with Crippen molar-refractivity contribution in [3.05, 3.63) is 28.8 Å². The predicted octanol–water partition coefficient (Wildman–Crippen LogP) is 2.10. The van der Waals surface area contributed by atoms with Gasteiger partial charge in [0.25, 0.3) is 0 Å². The third-order valence-corrected chi connectivity index (χ3v) is 3.73. The minimum absolute atomic E-state index is 0.116. The molecule has 1 N–H and O–H groups in total. The molecule has 4 nitrogen and oxygen atoms in total. The molecule has 1 aliphatic rings. The van der Waals surface area contributed by atoms with Crippen molar-refractivity contribution in [2.75, 3.05) is 20.2 Å². The SMILES string of the molecule is COc1ccc(Cl)cc1CC(=O)N1C[C@@H](C)N[C@@H](C)C1. The number of piperazine rings is 1. The molecule has 0 radical (unpaired) electrons. The molecule has 5 heteroatoms. The topological polar surface area (TPSA) is 41.6 Å². The number of nitrogens with one attached hydrogen (secondary N) is 1. The van der Waals surface area contributed by atoms with Crippen LogP contribution in [0, 0.1) is 0 Å². The zero-order valence-corrected chi connectivity index (χ0v) is 12.9. The van der Waals surface area contributed by atoms with Crippen molar-refractivity contribution in [2.24, 2.45) is 0 Å². The van der Waals surface area contributed by atoms with E-state index < -0.39 is 0 Å². The molecule has 1 heterocycles. The zero-order valence-electron chi connectivity index (χ0n) is 12.1.